The van der Waals surface area contributed by atoms with Gasteiger partial charge >= 0.3 is 11.7 Å². The summed E-state index contributed by atoms with van der Waals surface area (Å²) < 4.78 is 1.76. The van der Waals surface area contributed by atoms with E-state index < -0.39 is 17.3 Å². The Kier molecular flexibility index (Phi) is 4.37. The summed E-state index contributed by atoms with van der Waals surface area (Å²) in [4.78, 5) is 26.5. The van der Waals surface area contributed by atoms with Crippen molar-refractivity contribution in [1.82, 2.24) is 24.7 Å². The van der Waals surface area contributed by atoms with Crippen molar-refractivity contribution in [3.05, 3.63) is 39.8 Å². The molecule has 0 N–H and O–H groups in total. The van der Waals surface area contributed by atoms with E-state index in [0.717, 1.165) is 9.36 Å². The van der Waals surface area contributed by atoms with E-state index >= 15 is 0 Å². The summed E-state index contributed by atoms with van der Waals surface area (Å²) in [7, 11) is 0. The van der Waals surface area contributed by atoms with Crippen molar-refractivity contribution in [2.45, 2.75) is 33.2 Å². The summed E-state index contributed by atoms with van der Waals surface area (Å²) in [6, 6.07) is 6.22. The van der Waals surface area contributed by atoms with Crippen LogP contribution in [0.1, 0.15) is 27.7 Å². The molecule has 0 aliphatic rings. The predicted molar refractivity (Wildman–Crippen MR) is 83.6 cm³/mol. The minimum atomic E-state index is -0.652. The van der Waals surface area contributed by atoms with Crippen LogP contribution in [0.3, 0.4) is 0 Å². The molecule has 0 atom stereocenters. The largest absolute Gasteiger partial charge is 0.377 e. The van der Waals surface area contributed by atoms with Gasteiger partial charge in [-0.05, 0) is 50.3 Å². The Morgan fingerprint density at radius 1 is 1.27 bits per heavy atom. The predicted octanol–water partition coefficient (Wildman–Crippen LogP) is 2.17. The van der Waals surface area contributed by atoms with E-state index in [1.165, 1.54) is 0 Å². The number of tetrazole rings is 1. The number of nitrogens with zero attached hydrogens (tertiary/aromatic N) is 5. The van der Waals surface area contributed by atoms with Gasteiger partial charge in [0, 0.05) is 12.1 Å². The molecule has 2 aromatic rings. The molecule has 0 bridgehead atoms. The van der Waals surface area contributed by atoms with Gasteiger partial charge in [0.1, 0.15) is 0 Å². The number of amides is 1. The van der Waals surface area contributed by atoms with E-state index in [2.05, 4.69) is 10.4 Å². The van der Waals surface area contributed by atoms with Crippen LogP contribution in [0.4, 0.5) is 4.79 Å². The molecule has 1 aromatic carbocycles. The third kappa shape index (κ3) is 2.89. The third-order valence-corrected chi connectivity index (χ3v) is 3.52. The first-order valence-electron chi connectivity index (χ1n) is 6.89. The highest BCUT2D eigenvalue weighted by Crippen LogP contribution is 2.17. The quantitative estimate of drug-likeness (QED) is 0.794. The van der Waals surface area contributed by atoms with Crippen molar-refractivity contribution in [2.75, 3.05) is 6.54 Å². The van der Waals surface area contributed by atoms with Crippen LogP contribution < -0.4 is 5.69 Å². The Hall–Kier alpha value is -2.15. The molecule has 8 heteroatoms. The van der Waals surface area contributed by atoms with Gasteiger partial charge in [-0.15, -0.1) is 4.68 Å². The monoisotopic (exact) mass is 323 g/mol. The molecule has 0 saturated heterocycles. The molecule has 118 valence electrons. The molecule has 0 unspecified atom stereocenters. The molecule has 1 heterocycles. The lowest BCUT2D eigenvalue weighted by Crippen LogP contribution is -2.50. The summed E-state index contributed by atoms with van der Waals surface area (Å²) in [5.74, 6) is 0. The average molecular weight is 324 g/mol. The van der Waals surface area contributed by atoms with Crippen LogP contribution in [0, 0.1) is 0 Å². The topological polar surface area (TPSA) is 73.0 Å². The maximum Gasteiger partial charge on any atom is 0.377 e. The first kappa shape index (κ1) is 16.2. The molecule has 22 heavy (non-hydrogen) atoms. The number of carbonyl (C=O) groups excluding carboxylic acids is 1. The average Bonchev–Trinajstić information content (AvgIpc) is 2.80. The number of benzene rings is 1. The van der Waals surface area contributed by atoms with Gasteiger partial charge < -0.3 is 4.90 Å². The fourth-order valence-corrected chi connectivity index (χ4v) is 2.37. The van der Waals surface area contributed by atoms with Gasteiger partial charge in [-0.25, -0.2) is 9.59 Å². The van der Waals surface area contributed by atoms with Crippen molar-refractivity contribution >= 4 is 17.6 Å². The molecule has 0 aliphatic carbocycles. The molecule has 0 spiro atoms. The molecule has 1 aromatic heterocycles. The Morgan fingerprint density at radius 2 is 1.91 bits per heavy atom. The van der Waals surface area contributed by atoms with Crippen molar-refractivity contribution in [3.63, 3.8) is 0 Å². The standard InChI is InChI=1S/C14H18ClN5O2/c1-5-18(14(2,3)4)12(21)20-13(22)19(16-17-20)11-9-7-6-8-10(11)15/h6-9H,5H2,1-4H3. The normalized spacial score (nSPS) is 11.5. The number of carbonyl (C=O) groups is 1. The number of hydrogen-bond acceptors (Lipinski definition) is 4. The third-order valence-electron chi connectivity index (χ3n) is 3.20. The summed E-state index contributed by atoms with van der Waals surface area (Å²) in [5.41, 5.74) is -0.702. The zero-order chi connectivity index (χ0) is 16.5. The van der Waals surface area contributed by atoms with Gasteiger partial charge in [-0.3, -0.25) is 0 Å². The summed E-state index contributed by atoms with van der Waals surface area (Å²) >= 11 is 6.05. The van der Waals surface area contributed by atoms with Crippen LogP contribution in [-0.2, 0) is 0 Å². The van der Waals surface area contributed by atoms with E-state index in [-0.39, 0.29) is 0 Å². The molecule has 7 nitrogen and oxygen atoms in total. The number of rotatable bonds is 2. The lowest BCUT2D eigenvalue weighted by molar-refractivity contribution is 0.147. The van der Waals surface area contributed by atoms with Crippen molar-refractivity contribution < 1.29 is 4.79 Å². The van der Waals surface area contributed by atoms with E-state index in [0.29, 0.717) is 17.3 Å². The Balaban J connectivity index is 2.47. The van der Waals surface area contributed by atoms with Gasteiger partial charge in [0.15, 0.2) is 0 Å². The van der Waals surface area contributed by atoms with Gasteiger partial charge in [-0.1, -0.05) is 23.7 Å². The molecule has 1 amide bonds. The Bertz CT molecular complexity index is 744. The lowest BCUT2D eigenvalue weighted by atomic mass is 10.1. The van der Waals surface area contributed by atoms with Gasteiger partial charge in [0.05, 0.1) is 10.7 Å². The summed E-state index contributed by atoms with van der Waals surface area (Å²) in [5, 5.41) is 7.79. The maximum atomic E-state index is 12.5. The highest BCUT2D eigenvalue weighted by atomic mass is 35.5. The van der Waals surface area contributed by atoms with Crippen LogP contribution in [0.2, 0.25) is 5.02 Å². The second kappa shape index (κ2) is 5.92. The van der Waals surface area contributed by atoms with Crippen molar-refractivity contribution in [3.8, 4) is 5.69 Å². The van der Waals surface area contributed by atoms with Crippen LogP contribution >= 0.6 is 11.6 Å². The number of halogens is 1. The van der Waals surface area contributed by atoms with Gasteiger partial charge in [0.2, 0.25) is 0 Å². The smallest absolute Gasteiger partial charge is 0.318 e. The molecular formula is C14H18ClN5O2. The SMILES string of the molecule is CCN(C(=O)n1nnn(-c2ccccc2Cl)c1=O)C(C)(C)C. The van der Waals surface area contributed by atoms with Crippen LogP contribution in [-0.4, -0.2) is 42.8 Å². The second-order valence-corrected chi connectivity index (χ2v) is 6.14. The first-order chi connectivity index (χ1) is 10.3. The van der Waals surface area contributed by atoms with Gasteiger partial charge in [-0.2, -0.15) is 4.68 Å². The Morgan fingerprint density at radius 3 is 2.45 bits per heavy atom. The van der Waals surface area contributed by atoms with Crippen LogP contribution in [0.5, 0.6) is 0 Å². The molecule has 0 saturated carbocycles. The minimum Gasteiger partial charge on any atom is -0.318 e. The van der Waals surface area contributed by atoms with Crippen molar-refractivity contribution in [2.24, 2.45) is 0 Å². The lowest BCUT2D eigenvalue weighted by Gasteiger charge is -2.33. The highest BCUT2D eigenvalue weighted by Gasteiger charge is 2.29. The van der Waals surface area contributed by atoms with E-state index in [1.807, 2.05) is 27.7 Å². The zero-order valence-corrected chi connectivity index (χ0v) is 13.7. The molecule has 2 rings (SSSR count). The summed E-state index contributed by atoms with van der Waals surface area (Å²) in [6.45, 7) is 7.95. The van der Waals surface area contributed by atoms with Crippen LogP contribution in [0.25, 0.3) is 5.69 Å². The van der Waals surface area contributed by atoms with Gasteiger partial charge in [0.25, 0.3) is 0 Å². The molecule has 0 aliphatic heterocycles. The highest BCUT2D eigenvalue weighted by molar-refractivity contribution is 6.32. The van der Waals surface area contributed by atoms with E-state index in [1.54, 1.807) is 29.2 Å². The Labute approximate surface area is 133 Å². The number of para-hydroxylation sites is 1. The van der Waals surface area contributed by atoms with E-state index in [9.17, 15) is 9.59 Å². The zero-order valence-electron chi connectivity index (χ0n) is 12.9. The van der Waals surface area contributed by atoms with E-state index in [4.69, 9.17) is 11.6 Å². The maximum absolute atomic E-state index is 12.5. The van der Waals surface area contributed by atoms with Crippen LogP contribution in [0.15, 0.2) is 29.1 Å². The first-order valence-corrected chi connectivity index (χ1v) is 7.27. The fourth-order valence-electron chi connectivity index (χ4n) is 2.15. The molecule has 0 fully saturated rings. The summed E-state index contributed by atoms with van der Waals surface area (Å²) in [6.07, 6.45) is 0. The minimum absolute atomic E-state index is 0.354. The fraction of sp³-hybridized carbons (Fsp3) is 0.429. The number of hydrogen-bond donors (Lipinski definition) is 0. The molecule has 0 radical (unpaired) electrons. The van der Waals surface area contributed by atoms with Crippen molar-refractivity contribution in [1.29, 1.82) is 0 Å². The number of aromatic nitrogens is 4. The second-order valence-electron chi connectivity index (χ2n) is 5.73. The molecular weight excluding hydrogens is 306 g/mol.